The molecular formula is C13H13NO3S. The summed E-state index contributed by atoms with van der Waals surface area (Å²) in [5.74, 6) is -0.519. The van der Waals surface area contributed by atoms with Crippen LogP contribution in [0.5, 0.6) is 0 Å². The zero-order chi connectivity index (χ0) is 13.4. The van der Waals surface area contributed by atoms with E-state index in [1.54, 1.807) is 32.0 Å². The van der Waals surface area contributed by atoms with E-state index in [-0.39, 0.29) is 22.5 Å². The Hall–Kier alpha value is -1.75. The monoisotopic (exact) mass is 263 g/mol. The van der Waals surface area contributed by atoms with Crippen LogP contribution in [0, 0.1) is 5.92 Å². The van der Waals surface area contributed by atoms with Crippen LogP contribution in [0.15, 0.2) is 23.0 Å². The highest BCUT2D eigenvalue weighted by Crippen LogP contribution is 2.20. The minimum Gasteiger partial charge on any atom is -0.295 e. The lowest BCUT2D eigenvalue weighted by Crippen LogP contribution is -2.25. The Balaban J connectivity index is 2.70. The predicted molar refractivity (Wildman–Crippen MR) is 71.6 cm³/mol. The van der Waals surface area contributed by atoms with Crippen molar-refractivity contribution in [3.63, 3.8) is 0 Å². The van der Waals surface area contributed by atoms with Crippen molar-refractivity contribution in [3.8, 4) is 0 Å². The highest BCUT2D eigenvalue weighted by molar-refractivity contribution is 7.16. The van der Waals surface area contributed by atoms with Gasteiger partial charge in [-0.2, -0.15) is 0 Å². The summed E-state index contributed by atoms with van der Waals surface area (Å²) in [6.45, 7) is 4.98. The Labute approximate surface area is 108 Å². The molecule has 0 aliphatic heterocycles. The third kappa shape index (κ3) is 2.01. The number of nitrogens with zero attached hydrogens (tertiary/aromatic N) is 1. The predicted octanol–water partition coefficient (Wildman–Crippen LogP) is 2.56. The Bertz CT molecular complexity index is 694. The van der Waals surface area contributed by atoms with E-state index in [0.717, 1.165) is 11.3 Å². The SMILES string of the molecule is CC(=O)c1ccc2c(c1)sc(=O)n2C(=O)C(C)C. The third-order valence-corrected chi connectivity index (χ3v) is 3.61. The van der Waals surface area contributed by atoms with Gasteiger partial charge in [0.2, 0.25) is 5.91 Å². The number of fused-ring (bicyclic) bond motifs is 1. The Kier molecular flexibility index (Phi) is 3.17. The number of carbonyl (C=O) groups excluding carboxylic acids is 2. The molecule has 1 aromatic carbocycles. The fraction of sp³-hybridized carbons (Fsp3) is 0.308. The number of rotatable bonds is 2. The molecule has 4 nitrogen and oxygen atoms in total. The summed E-state index contributed by atoms with van der Waals surface area (Å²) in [7, 11) is 0. The summed E-state index contributed by atoms with van der Waals surface area (Å²) < 4.78 is 1.86. The maximum absolute atomic E-state index is 12.0. The van der Waals surface area contributed by atoms with Crippen LogP contribution in [0.2, 0.25) is 0 Å². The molecule has 18 heavy (non-hydrogen) atoms. The molecule has 0 fully saturated rings. The summed E-state index contributed by atoms with van der Waals surface area (Å²) in [5, 5.41) is 0. The van der Waals surface area contributed by atoms with E-state index >= 15 is 0 Å². The Morgan fingerprint density at radius 2 is 1.94 bits per heavy atom. The maximum atomic E-state index is 12.0. The van der Waals surface area contributed by atoms with Gasteiger partial charge in [-0.05, 0) is 25.1 Å². The number of Topliss-reactive ketones (excluding diaryl/α,β-unsaturated/α-hetero) is 1. The maximum Gasteiger partial charge on any atom is 0.314 e. The first kappa shape index (κ1) is 12.7. The minimum atomic E-state index is -0.301. The molecule has 2 rings (SSSR count). The second kappa shape index (κ2) is 4.49. The van der Waals surface area contributed by atoms with Crippen LogP contribution in [-0.2, 0) is 0 Å². The molecule has 0 saturated heterocycles. The normalized spacial score (nSPS) is 11.1. The van der Waals surface area contributed by atoms with Crippen LogP contribution in [-0.4, -0.2) is 16.3 Å². The zero-order valence-corrected chi connectivity index (χ0v) is 11.2. The van der Waals surface area contributed by atoms with Gasteiger partial charge in [0.15, 0.2) is 5.78 Å². The van der Waals surface area contributed by atoms with Gasteiger partial charge in [-0.1, -0.05) is 25.2 Å². The molecule has 0 spiro atoms. The Morgan fingerprint density at radius 1 is 1.28 bits per heavy atom. The van der Waals surface area contributed by atoms with Crippen molar-refractivity contribution in [1.29, 1.82) is 0 Å². The van der Waals surface area contributed by atoms with Crippen molar-refractivity contribution in [2.45, 2.75) is 20.8 Å². The highest BCUT2D eigenvalue weighted by atomic mass is 32.1. The van der Waals surface area contributed by atoms with Gasteiger partial charge in [0.05, 0.1) is 10.2 Å². The summed E-state index contributed by atoms with van der Waals surface area (Å²) in [6, 6.07) is 4.96. The largest absolute Gasteiger partial charge is 0.314 e. The van der Waals surface area contributed by atoms with Crippen LogP contribution in [0.25, 0.3) is 10.2 Å². The van der Waals surface area contributed by atoms with E-state index in [1.165, 1.54) is 11.5 Å². The van der Waals surface area contributed by atoms with Gasteiger partial charge in [-0.25, -0.2) is 4.57 Å². The molecule has 1 aromatic heterocycles. The number of thiazole rings is 1. The van der Waals surface area contributed by atoms with Crippen LogP contribution < -0.4 is 4.87 Å². The molecule has 1 heterocycles. The third-order valence-electron chi connectivity index (χ3n) is 2.70. The molecule has 0 amide bonds. The molecule has 0 aliphatic carbocycles. The van der Waals surface area contributed by atoms with Gasteiger partial charge >= 0.3 is 4.87 Å². The lowest BCUT2D eigenvalue weighted by atomic mass is 10.1. The van der Waals surface area contributed by atoms with Crippen molar-refractivity contribution < 1.29 is 9.59 Å². The number of carbonyl (C=O) groups is 2. The van der Waals surface area contributed by atoms with E-state index in [0.29, 0.717) is 15.8 Å². The number of hydrogen-bond acceptors (Lipinski definition) is 4. The number of aromatic nitrogens is 1. The standard InChI is InChI=1S/C13H13NO3S/c1-7(2)12(16)14-10-5-4-9(8(3)15)6-11(10)18-13(14)17/h4-7H,1-3H3. The van der Waals surface area contributed by atoms with E-state index in [9.17, 15) is 14.4 Å². The van der Waals surface area contributed by atoms with E-state index in [2.05, 4.69) is 0 Å². The van der Waals surface area contributed by atoms with Gasteiger partial charge in [-0.15, -0.1) is 0 Å². The van der Waals surface area contributed by atoms with Gasteiger partial charge in [0.1, 0.15) is 0 Å². The summed E-state index contributed by atoms with van der Waals surface area (Å²) in [4.78, 5) is 34.8. The fourth-order valence-corrected chi connectivity index (χ4v) is 2.62. The lowest BCUT2D eigenvalue weighted by molar-refractivity contribution is 0.0858. The van der Waals surface area contributed by atoms with Crippen molar-refractivity contribution in [1.82, 2.24) is 4.57 Å². The van der Waals surface area contributed by atoms with Crippen LogP contribution in [0.4, 0.5) is 0 Å². The fourth-order valence-electron chi connectivity index (χ4n) is 1.70. The van der Waals surface area contributed by atoms with Crippen molar-refractivity contribution in [2.24, 2.45) is 5.92 Å². The van der Waals surface area contributed by atoms with Crippen LogP contribution in [0.3, 0.4) is 0 Å². The topological polar surface area (TPSA) is 56.1 Å². The lowest BCUT2D eigenvalue weighted by Gasteiger charge is -2.05. The summed E-state index contributed by atoms with van der Waals surface area (Å²) >= 11 is 0.990. The number of ketones is 1. The van der Waals surface area contributed by atoms with Crippen molar-refractivity contribution in [3.05, 3.63) is 33.4 Å². The van der Waals surface area contributed by atoms with Crippen LogP contribution in [0.1, 0.15) is 35.9 Å². The minimum absolute atomic E-state index is 0.0560. The van der Waals surface area contributed by atoms with Gasteiger partial charge in [0, 0.05) is 11.5 Å². The first-order valence-corrected chi connectivity index (χ1v) is 6.44. The smallest absolute Gasteiger partial charge is 0.295 e. The quantitative estimate of drug-likeness (QED) is 0.782. The Morgan fingerprint density at radius 3 is 2.50 bits per heavy atom. The molecule has 2 aromatic rings. The van der Waals surface area contributed by atoms with Gasteiger partial charge in [-0.3, -0.25) is 14.4 Å². The zero-order valence-electron chi connectivity index (χ0n) is 10.4. The molecule has 0 atom stereocenters. The number of hydrogen-bond donors (Lipinski definition) is 0. The molecular weight excluding hydrogens is 250 g/mol. The van der Waals surface area contributed by atoms with E-state index < -0.39 is 0 Å². The van der Waals surface area contributed by atoms with Gasteiger partial charge < -0.3 is 0 Å². The average molecular weight is 263 g/mol. The molecule has 0 unspecified atom stereocenters. The summed E-state index contributed by atoms with van der Waals surface area (Å²) in [5.41, 5.74) is 1.13. The molecule has 0 N–H and O–H groups in total. The van der Waals surface area contributed by atoms with Crippen LogP contribution >= 0.6 is 11.3 Å². The molecule has 0 radical (unpaired) electrons. The first-order chi connectivity index (χ1) is 8.41. The first-order valence-electron chi connectivity index (χ1n) is 5.62. The summed E-state index contributed by atoms with van der Waals surface area (Å²) in [6.07, 6.45) is 0. The highest BCUT2D eigenvalue weighted by Gasteiger charge is 2.17. The number of benzene rings is 1. The molecule has 0 aliphatic rings. The van der Waals surface area contributed by atoms with Crippen molar-refractivity contribution >= 4 is 33.2 Å². The molecule has 0 saturated carbocycles. The van der Waals surface area contributed by atoms with Gasteiger partial charge in [0.25, 0.3) is 0 Å². The second-order valence-corrected chi connectivity index (χ2v) is 5.43. The van der Waals surface area contributed by atoms with E-state index in [4.69, 9.17) is 0 Å². The van der Waals surface area contributed by atoms with Crippen molar-refractivity contribution in [2.75, 3.05) is 0 Å². The molecule has 0 bridgehead atoms. The van der Waals surface area contributed by atoms with E-state index in [1.807, 2.05) is 0 Å². The second-order valence-electron chi connectivity index (χ2n) is 4.44. The molecule has 5 heteroatoms. The average Bonchev–Trinajstić information content (AvgIpc) is 2.62. The molecule has 94 valence electrons.